The third kappa shape index (κ3) is 3.99. The molecule has 33 heavy (non-hydrogen) atoms. The molecule has 1 heterocycles. The van der Waals surface area contributed by atoms with Gasteiger partial charge in [0.15, 0.2) is 0 Å². The van der Waals surface area contributed by atoms with Crippen molar-refractivity contribution in [3.8, 4) is 0 Å². The van der Waals surface area contributed by atoms with Crippen molar-refractivity contribution in [1.82, 2.24) is 4.98 Å². The number of halogens is 2. The van der Waals surface area contributed by atoms with Gasteiger partial charge in [-0.2, -0.15) is 0 Å². The summed E-state index contributed by atoms with van der Waals surface area (Å²) < 4.78 is 14.0. The number of aromatic nitrogens is 1. The predicted molar refractivity (Wildman–Crippen MR) is 132 cm³/mol. The maximum atomic E-state index is 14.0. The second kappa shape index (κ2) is 8.20. The molecule has 0 amide bonds. The molecule has 2 aliphatic carbocycles. The molecule has 172 valence electrons. The lowest BCUT2D eigenvalue weighted by Gasteiger charge is -2.34. The number of fused-ring (bicyclic) bond motifs is 2. The van der Waals surface area contributed by atoms with E-state index < -0.39 is 0 Å². The summed E-state index contributed by atoms with van der Waals surface area (Å²) in [5, 5.41) is 1.64. The van der Waals surface area contributed by atoms with Crippen molar-refractivity contribution >= 4 is 28.3 Å². The van der Waals surface area contributed by atoms with E-state index in [1.807, 2.05) is 30.5 Å². The minimum Gasteiger partial charge on any atom is -0.299 e. The molecule has 3 unspecified atom stereocenters. The molecular formula is C29H31ClFNO. The first-order valence-electron chi connectivity index (χ1n) is 12.0. The van der Waals surface area contributed by atoms with Crippen LogP contribution in [0.5, 0.6) is 0 Å². The van der Waals surface area contributed by atoms with Crippen LogP contribution in [0.4, 0.5) is 4.39 Å². The van der Waals surface area contributed by atoms with Gasteiger partial charge in [-0.3, -0.25) is 9.78 Å². The van der Waals surface area contributed by atoms with Crippen LogP contribution < -0.4 is 0 Å². The van der Waals surface area contributed by atoms with E-state index in [0.29, 0.717) is 29.1 Å². The zero-order valence-electron chi connectivity index (χ0n) is 19.6. The molecule has 0 saturated heterocycles. The minimum absolute atomic E-state index is 0.0502. The highest BCUT2D eigenvalue weighted by molar-refractivity contribution is 6.30. The zero-order chi connectivity index (χ0) is 23.4. The predicted octanol–water partition coefficient (Wildman–Crippen LogP) is 7.78. The highest BCUT2D eigenvalue weighted by Crippen LogP contribution is 2.69. The number of pyridine rings is 1. The van der Waals surface area contributed by atoms with E-state index in [0.717, 1.165) is 42.1 Å². The average Bonchev–Trinajstić information content (AvgIpc) is 3.18. The van der Waals surface area contributed by atoms with Crippen LogP contribution in [0.1, 0.15) is 63.5 Å². The fourth-order valence-corrected chi connectivity index (χ4v) is 6.96. The van der Waals surface area contributed by atoms with Crippen molar-refractivity contribution in [3.05, 3.63) is 76.7 Å². The van der Waals surface area contributed by atoms with Crippen molar-refractivity contribution in [2.75, 3.05) is 0 Å². The molecule has 0 spiro atoms. The normalized spacial score (nSPS) is 29.8. The van der Waals surface area contributed by atoms with Gasteiger partial charge in [0.25, 0.3) is 0 Å². The van der Waals surface area contributed by atoms with Gasteiger partial charge in [-0.1, -0.05) is 44.5 Å². The SMILES string of the molecule is CC(C(=O)Cc1ccc(Cl)cc1)C1C[C@]2(C)CC(c3ccnc4ccc(F)cc34)C[C@]2(C)C1. The molecule has 0 N–H and O–H groups in total. The Balaban J connectivity index is 1.33. The second-order valence-corrected chi connectivity index (χ2v) is 11.5. The van der Waals surface area contributed by atoms with Gasteiger partial charge >= 0.3 is 0 Å². The molecule has 0 bridgehead atoms. The van der Waals surface area contributed by atoms with Crippen molar-refractivity contribution in [1.29, 1.82) is 0 Å². The topological polar surface area (TPSA) is 30.0 Å². The average molecular weight is 464 g/mol. The van der Waals surface area contributed by atoms with Crippen LogP contribution in [-0.4, -0.2) is 10.8 Å². The van der Waals surface area contributed by atoms with Gasteiger partial charge in [0.1, 0.15) is 11.6 Å². The summed E-state index contributed by atoms with van der Waals surface area (Å²) in [6.45, 7) is 6.94. The van der Waals surface area contributed by atoms with E-state index in [1.54, 1.807) is 12.1 Å². The fourth-order valence-electron chi connectivity index (χ4n) is 6.84. The first kappa shape index (κ1) is 22.5. The van der Waals surface area contributed by atoms with Crippen molar-refractivity contribution in [2.24, 2.45) is 22.7 Å². The van der Waals surface area contributed by atoms with Crippen molar-refractivity contribution in [3.63, 3.8) is 0 Å². The Morgan fingerprint density at radius 3 is 2.39 bits per heavy atom. The molecule has 0 radical (unpaired) electrons. The number of Topliss-reactive ketones (excluding diaryl/α,β-unsaturated/α-hetero) is 1. The number of benzene rings is 2. The van der Waals surface area contributed by atoms with E-state index in [2.05, 4.69) is 31.8 Å². The maximum absolute atomic E-state index is 14.0. The monoisotopic (exact) mass is 463 g/mol. The maximum Gasteiger partial charge on any atom is 0.140 e. The van der Waals surface area contributed by atoms with Crippen molar-refractivity contribution < 1.29 is 9.18 Å². The fraction of sp³-hybridized carbons (Fsp3) is 0.448. The number of carbonyl (C=O) groups excluding carboxylic acids is 1. The number of ketones is 1. The first-order chi connectivity index (χ1) is 15.7. The van der Waals surface area contributed by atoms with Gasteiger partial charge in [-0.25, -0.2) is 4.39 Å². The van der Waals surface area contributed by atoms with E-state index >= 15 is 0 Å². The third-order valence-electron chi connectivity index (χ3n) is 8.96. The standard InChI is InChI=1S/C29H31ClFNO/c1-18(27(33)12-19-4-6-22(30)7-5-19)20-14-28(2)16-21(17-29(28,3)15-20)24-10-11-32-26-9-8-23(31)13-25(24)26/h4-11,13,18,20-21H,12,14-17H2,1-3H3/t18?,20?,21?,28-,29+. The van der Waals surface area contributed by atoms with Crippen LogP contribution in [0.15, 0.2) is 54.7 Å². The summed E-state index contributed by atoms with van der Waals surface area (Å²) in [6.07, 6.45) is 6.63. The van der Waals surface area contributed by atoms with Gasteiger partial charge < -0.3 is 0 Å². The summed E-state index contributed by atoms with van der Waals surface area (Å²) in [5.41, 5.74) is 3.48. The molecule has 4 heteroatoms. The number of hydrogen-bond donors (Lipinski definition) is 0. The Labute approximate surface area is 200 Å². The molecule has 2 fully saturated rings. The Hall–Kier alpha value is -2.26. The highest BCUT2D eigenvalue weighted by atomic mass is 35.5. The molecule has 2 aromatic carbocycles. The Morgan fingerprint density at radius 2 is 1.73 bits per heavy atom. The van der Waals surface area contributed by atoms with Crippen molar-refractivity contribution in [2.45, 2.75) is 58.8 Å². The van der Waals surface area contributed by atoms with Crippen LogP contribution in [0.2, 0.25) is 5.02 Å². The zero-order valence-corrected chi connectivity index (χ0v) is 20.3. The lowest BCUT2D eigenvalue weighted by molar-refractivity contribution is -0.123. The van der Waals surface area contributed by atoms with Gasteiger partial charge in [-0.15, -0.1) is 0 Å². The third-order valence-corrected chi connectivity index (χ3v) is 9.21. The summed E-state index contributed by atoms with van der Waals surface area (Å²) in [6, 6.07) is 14.6. The summed E-state index contributed by atoms with van der Waals surface area (Å²) in [5.74, 6) is 0.969. The Kier molecular flexibility index (Phi) is 5.60. The largest absolute Gasteiger partial charge is 0.299 e. The lowest BCUT2D eigenvalue weighted by Crippen LogP contribution is -2.25. The Bertz CT molecular complexity index is 1190. The smallest absolute Gasteiger partial charge is 0.140 e. The lowest BCUT2D eigenvalue weighted by atomic mass is 9.71. The van der Waals surface area contributed by atoms with Crippen LogP contribution in [0.3, 0.4) is 0 Å². The van der Waals surface area contributed by atoms with Gasteiger partial charge in [0.05, 0.1) is 5.52 Å². The quantitative estimate of drug-likeness (QED) is 0.386. The van der Waals surface area contributed by atoms with E-state index in [-0.39, 0.29) is 22.6 Å². The molecular weight excluding hydrogens is 433 g/mol. The van der Waals surface area contributed by atoms with Crippen LogP contribution in [0, 0.1) is 28.5 Å². The number of nitrogens with zero attached hydrogens (tertiary/aromatic N) is 1. The summed E-state index contributed by atoms with van der Waals surface area (Å²) in [4.78, 5) is 17.5. The molecule has 3 aromatic rings. The second-order valence-electron chi connectivity index (χ2n) is 11.0. The van der Waals surface area contributed by atoms with Gasteiger partial charge in [0, 0.05) is 28.9 Å². The summed E-state index contributed by atoms with van der Waals surface area (Å²) >= 11 is 5.99. The molecule has 5 atom stereocenters. The number of rotatable bonds is 5. The molecule has 2 nitrogen and oxygen atoms in total. The van der Waals surface area contributed by atoms with Gasteiger partial charge in [0.2, 0.25) is 0 Å². The van der Waals surface area contributed by atoms with E-state index in [4.69, 9.17) is 11.6 Å². The van der Waals surface area contributed by atoms with Crippen LogP contribution >= 0.6 is 11.6 Å². The van der Waals surface area contributed by atoms with Crippen LogP contribution in [0.25, 0.3) is 10.9 Å². The number of carbonyl (C=O) groups is 1. The van der Waals surface area contributed by atoms with Crippen LogP contribution in [-0.2, 0) is 11.2 Å². The molecule has 2 aliphatic rings. The number of hydrogen-bond acceptors (Lipinski definition) is 2. The first-order valence-corrected chi connectivity index (χ1v) is 12.4. The molecule has 2 saturated carbocycles. The van der Waals surface area contributed by atoms with Gasteiger partial charge in [-0.05, 0) is 95.9 Å². The van der Waals surface area contributed by atoms with E-state index in [9.17, 15) is 9.18 Å². The minimum atomic E-state index is -0.208. The molecule has 1 aromatic heterocycles. The van der Waals surface area contributed by atoms with E-state index in [1.165, 1.54) is 11.6 Å². The molecule has 0 aliphatic heterocycles. The summed E-state index contributed by atoms with van der Waals surface area (Å²) in [7, 11) is 0. The Morgan fingerprint density at radius 1 is 1.06 bits per heavy atom. The molecule has 5 rings (SSSR count). The highest BCUT2D eigenvalue weighted by Gasteiger charge is 2.59.